The van der Waals surface area contributed by atoms with Crippen LogP contribution in [-0.4, -0.2) is 18.1 Å². The number of aromatic nitrogens is 1. The summed E-state index contributed by atoms with van der Waals surface area (Å²) in [6.07, 6.45) is 5.85. The van der Waals surface area contributed by atoms with E-state index in [1.165, 1.54) is 25.8 Å². The van der Waals surface area contributed by atoms with Gasteiger partial charge in [0.05, 0.1) is 0 Å². The second-order valence-corrected chi connectivity index (χ2v) is 5.13. The highest BCUT2D eigenvalue weighted by molar-refractivity contribution is 5.40. The van der Waals surface area contributed by atoms with Gasteiger partial charge in [0.1, 0.15) is 5.82 Å². The molecule has 0 spiro atoms. The minimum Gasteiger partial charge on any atom is -0.356 e. The Balaban J connectivity index is 1.99. The van der Waals surface area contributed by atoms with Crippen molar-refractivity contribution in [2.75, 3.05) is 18.0 Å². The zero-order valence-corrected chi connectivity index (χ0v) is 10.9. The van der Waals surface area contributed by atoms with Gasteiger partial charge in [-0.15, -0.1) is 0 Å². The molecule has 0 aromatic carbocycles. The number of rotatable bonds is 4. The summed E-state index contributed by atoms with van der Waals surface area (Å²) in [5, 5.41) is 0. The van der Waals surface area contributed by atoms with Gasteiger partial charge < -0.3 is 10.6 Å². The molecule has 2 heterocycles. The molecule has 1 saturated heterocycles. The largest absolute Gasteiger partial charge is 0.356 e. The second kappa shape index (κ2) is 5.50. The first-order valence-corrected chi connectivity index (χ1v) is 6.67. The van der Waals surface area contributed by atoms with Crippen LogP contribution < -0.4 is 10.6 Å². The molecule has 2 unspecified atom stereocenters. The summed E-state index contributed by atoms with van der Waals surface area (Å²) in [4.78, 5) is 6.92. The van der Waals surface area contributed by atoms with Crippen molar-refractivity contribution in [2.24, 2.45) is 11.7 Å². The molecule has 2 atom stereocenters. The van der Waals surface area contributed by atoms with Crippen molar-refractivity contribution in [1.82, 2.24) is 4.98 Å². The Kier molecular flexibility index (Phi) is 4.00. The van der Waals surface area contributed by atoms with Gasteiger partial charge in [-0.3, -0.25) is 0 Å². The van der Waals surface area contributed by atoms with Gasteiger partial charge in [-0.05, 0) is 37.3 Å². The average molecular weight is 233 g/mol. The van der Waals surface area contributed by atoms with Crippen LogP contribution in [0.3, 0.4) is 0 Å². The first kappa shape index (κ1) is 12.4. The van der Waals surface area contributed by atoms with Crippen molar-refractivity contribution in [1.29, 1.82) is 0 Å². The Bertz CT molecular complexity index is 345. The van der Waals surface area contributed by atoms with E-state index < -0.39 is 0 Å². The molecular weight excluding hydrogens is 210 g/mol. The lowest BCUT2D eigenvalue weighted by Gasteiger charge is -2.18. The van der Waals surface area contributed by atoms with Gasteiger partial charge in [-0.2, -0.15) is 0 Å². The van der Waals surface area contributed by atoms with Crippen LogP contribution in [0.1, 0.15) is 44.7 Å². The second-order valence-electron chi connectivity index (χ2n) is 5.13. The van der Waals surface area contributed by atoms with Gasteiger partial charge in [0.15, 0.2) is 0 Å². The summed E-state index contributed by atoms with van der Waals surface area (Å²) in [7, 11) is 0. The van der Waals surface area contributed by atoms with Crippen LogP contribution in [0, 0.1) is 5.92 Å². The fourth-order valence-corrected chi connectivity index (χ4v) is 2.54. The van der Waals surface area contributed by atoms with E-state index in [1.54, 1.807) is 0 Å². The molecule has 0 saturated carbocycles. The maximum absolute atomic E-state index is 5.83. The zero-order chi connectivity index (χ0) is 12.3. The fraction of sp³-hybridized carbons (Fsp3) is 0.643. The highest BCUT2D eigenvalue weighted by atomic mass is 15.2. The van der Waals surface area contributed by atoms with Crippen LogP contribution in [0.4, 0.5) is 5.82 Å². The molecule has 3 heteroatoms. The molecule has 94 valence electrons. The Hall–Kier alpha value is -1.09. The third-order valence-corrected chi connectivity index (χ3v) is 3.60. The molecule has 1 fully saturated rings. The van der Waals surface area contributed by atoms with E-state index in [9.17, 15) is 0 Å². The summed E-state index contributed by atoms with van der Waals surface area (Å²) in [5.74, 6) is 1.96. The summed E-state index contributed by atoms with van der Waals surface area (Å²) in [5.41, 5.74) is 6.93. The minimum absolute atomic E-state index is 0.0722. The maximum atomic E-state index is 5.83. The topological polar surface area (TPSA) is 42.1 Å². The summed E-state index contributed by atoms with van der Waals surface area (Å²) in [6.45, 7) is 6.57. The van der Waals surface area contributed by atoms with Crippen LogP contribution in [0.2, 0.25) is 0 Å². The smallest absolute Gasteiger partial charge is 0.128 e. The van der Waals surface area contributed by atoms with Crippen molar-refractivity contribution in [2.45, 2.75) is 39.2 Å². The van der Waals surface area contributed by atoms with Crippen LogP contribution in [-0.2, 0) is 0 Å². The fourth-order valence-electron chi connectivity index (χ4n) is 2.54. The van der Waals surface area contributed by atoms with E-state index in [1.807, 2.05) is 13.1 Å². The molecule has 2 rings (SSSR count). The molecular formula is C14H23N3. The Morgan fingerprint density at radius 2 is 2.35 bits per heavy atom. The predicted octanol–water partition coefficient (Wildman–Crippen LogP) is 2.73. The lowest BCUT2D eigenvalue weighted by Crippen LogP contribution is -2.21. The van der Waals surface area contributed by atoms with Gasteiger partial charge in [-0.1, -0.05) is 19.4 Å². The van der Waals surface area contributed by atoms with Gasteiger partial charge in [0.2, 0.25) is 0 Å². The van der Waals surface area contributed by atoms with E-state index in [-0.39, 0.29) is 6.04 Å². The predicted molar refractivity (Wildman–Crippen MR) is 72.1 cm³/mol. The highest BCUT2D eigenvalue weighted by Gasteiger charge is 2.22. The molecule has 3 nitrogen and oxygen atoms in total. The number of anilines is 1. The lowest BCUT2D eigenvalue weighted by atomic mass is 10.0. The number of hydrogen-bond acceptors (Lipinski definition) is 3. The summed E-state index contributed by atoms with van der Waals surface area (Å²) >= 11 is 0. The normalized spacial score (nSPS) is 21.8. The molecule has 2 N–H and O–H groups in total. The summed E-state index contributed by atoms with van der Waals surface area (Å²) in [6, 6.07) is 4.27. The monoisotopic (exact) mass is 233 g/mol. The van der Waals surface area contributed by atoms with Gasteiger partial charge in [-0.25, -0.2) is 4.98 Å². The van der Waals surface area contributed by atoms with E-state index in [2.05, 4.69) is 28.9 Å². The molecule has 0 radical (unpaired) electrons. The lowest BCUT2D eigenvalue weighted by molar-refractivity contribution is 0.529. The molecule has 0 amide bonds. The van der Waals surface area contributed by atoms with E-state index in [0.717, 1.165) is 23.8 Å². The van der Waals surface area contributed by atoms with Crippen LogP contribution in [0.25, 0.3) is 0 Å². The number of pyridine rings is 1. The van der Waals surface area contributed by atoms with Gasteiger partial charge in [0.25, 0.3) is 0 Å². The molecule has 0 aliphatic carbocycles. The van der Waals surface area contributed by atoms with Crippen molar-refractivity contribution >= 4 is 5.82 Å². The summed E-state index contributed by atoms with van der Waals surface area (Å²) < 4.78 is 0. The average Bonchev–Trinajstić information content (AvgIpc) is 2.78. The number of nitrogens with two attached hydrogens (primary N) is 1. The standard InChI is InChI=1S/C14H23N3/c1-3-4-12-7-8-17(10-12)14-6-5-13(9-16-14)11(2)15/h5-6,9,11-12H,3-4,7-8,10,15H2,1-2H3. The van der Waals surface area contributed by atoms with Crippen molar-refractivity contribution < 1.29 is 0 Å². The van der Waals surface area contributed by atoms with Crippen LogP contribution in [0.15, 0.2) is 18.3 Å². The van der Waals surface area contributed by atoms with Crippen molar-refractivity contribution in [3.63, 3.8) is 0 Å². The first-order chi connectivity index (χ1) is 8.20. The molecule has 0 bridgehead atoms. The Labute approximate surface area is 104 Å². The SMILES string of the molecule is CCCC1CCN(c2ccc(C(C)N)cn2)C1. The highest BCUT2D eigenvalue weighted by Crippen LogP contribution is 2.25. The van der Waals surface area contributed by atoms with Gasteiger partial charge in [0, 0.05) is 25.3 Å². The Morgan fingerprint density at radius 1 is 1.53 bits per heavy atom. The van der Waals surface area contributed by atoms with Crippen LogP contribution in [0.5, 0.6) is 0 Å². The van der Waals surface area contributed by atoms with E-state index >= 15 is 0 Å². The number of nitrogens with zero attached hydrogens (tertiary/aromatic N) is 2. The third kappa shape index (κ3) is 2.97. The molecule has 1 aromatic heterocycles. The van der Waals surface area contributed by atoms with Crippen molar-refractivity contribution in [3.05, 3.63) is 23.9 Å². The molecule has 1 aromatic rings. The maximum Gasteiger partial charge on any atom is 0.128 e. The number of hydrogen-bond donors (Lipinski definition) is 1. The third-order valence-electron chi connectivity index (χ3n) is 3.60. The van der Waals surface area contributed by atoms with E-state index in [4.69, 9.17) is 5.73 Å². The van der Waals surface area contributed by atoms with Gasteiger partial charge >= 0.3 is 0 Å². The van der Waals surface area contributed by atoms with Crippen LogP contribution >= 0.6 is 0 Å². The minimum atomic E-state index is 0.0722. The molecule has 17 heavy (non-hydrogen) atoms. The molecule has 1 aliphatic heterocycles. The first-order valence-electron chi connectivity index (χ1n) is 6.67. The Morgan fingerprint density at radius 3 is 2.94 bits per heavy atom. The molecule has 1 aliphatic rings. The zero-order valence-electron chi connectivity index (χ0n) is 10.9. The van der Waals surface area contributed by atoms with E-state index in [0.29, 0.717) is 0 Å². The quantitative estimate of drug-likeness (QED) is 0.869. The van der Waals surface area contributed by atoms with Crippen molar-refractivity contribution in [3.8, 4) is 0 Å².